The van der Waals surface area contributed by atoms with Gasteiger partial charge in [-0.15, -0.1) is 0 Å². The van der Waals surface area contributed by atoms with E-state index in [1.807, 2.05) is 10.8 Å². The van der Waals surface area contributed by atoms with Crippen LogP contribution in [-0.4, -0.2) is 20.2 Å². The summed E-state index contributed by atoms with van der Waals surface area (Å²) < 4.78 is 27.0. The summed E-state index contributed by atoms with van der Waals surface area (Å²) in [6, 6.07) is 12.5. The maximum Gasteiger partial charge on any atom is 0.264 e. The Bertz CT molecular complexity index is 880. The van der Waals surface area contributed by atoms with Crippen molar-refractivity contribution >= 4 is 43.5 Å². The van der Waals surface area contributed by atoms with Gasteiger partial charge in [0.05, 0.1) is 4.90 Å². The maximum atomic E-state index is 12.2. The number of nitrogens with one attached hydrogen (secondary N) is 2. The molecule has 8 heteroatoms. The van der Waals surface area contributed by atoms with E-state index in [4.69, 9.17) is 0 Å². The molecule has 0 aliphatic heterocycles. The highest BCUT2D eigenvalue weighted by Gasteiger charge is 2.17. The van der Waals surface area contributed by atoms with Gasteiger partial charge in [0.1, 0.15) is 0 Å². The number of hydrogen-bond acceptors (Lipinski definition) is 4. The lowest BCUT2D eigenvalue weighted by molar-refractivity contribution is -0.119. The van der Waals surface area contributed by atoms with Gasteiger partial charge in [-0.3, -0.25) is 9.59 Å². The number of rotatable bonds is 6. The van der Waals surface area contributed by atoms with Crippen molar-refractivity contribution in [1.82, 2.24) is 4.72 Å². The first-order chi connectivity index (χ1) is 11.8. The van der Waals surface area contributed by atoms with E-state index in [2.05, 4.69) is 21.2 Å². The molecule has 0 heterocycles. The van der Waals surface area contributed by atoms with Crippen LogP contribution in [0.25, 0.3) is 0 Å². The number of benzene rings is 2. The molecule has 0 aromatic heterocycles. The molecule has 2 rings (SSSR count). The van der Waals surface area contributed by atoms with Gasteiger partial charge in [-0.05, 0) is 48.9 Å². The van der Waals surface area contributed by atoms with Gasteiger partial charge in [0.2, 0.25) is 5.91 Å². The van der Waals surface area contributed by atoms with Gasteiger partial charge in [-0.2, -0.15) is 0 Å². The average Bonchev–Trinajstić information content (AvgIpc) is 2.55. The minimum atomic E-state index is -3.90. The Labute approximate surface area is 154 Å². The van der Waals surface area contributed by atoms with Gasteiger partial charge in [-0.1, -0.05) is 28.9 Å². The molecule has 6 nitrogen and oxygen atoms in total. The summed E-state index contributed by atoms with van der Waals surface area (Å²) in [5.74, 6) is -0.859. The number of anilines is 1. The predicted octanol–water partition coefficient (Wildman–Crippen LogP) is 3.31. The smallest absolute Gasteiger partial charge is 0.264 e. The molecule has 0 spiro atoms. The lowest BCUT2D eigenvalue weighted by Crippen LogP contribution is -2.30. The zero-order valence-electron chi connectivity index (χ0n) is 13.5. The Morgan fingerprint density at radius 3 is 2.36 bits per heavy atom. The second-order valence-electron chi connectivity index (χ2n) is 5.27. The van der Waals surface area contributed by atoms with E-state index in [-0.39, 0.29) is 17.2 Å². The molecule has 0 unspecified atom stereocenters. The number of carbonyl (C=O) groups excluding carboxylic acids is 2. The normalized spacial score (nSPS) is 11.0. The highest BCUT2D eigenvalue weighted by atomic mass is 79.9. The maximum absolute atomic E-state index is 12.2. The number of sulfonamides is 1. The van der Waals surface area contributed by atoms with Gasteiger partial charge in [-0.25, -0.2) is 13.1 Å². The lowest BCUT2D eigenvalue weighted by Gasteiger charge is -2.09. The Kier molecular flexibility index (Phi) is 6.33. The zero-order chi connectivity index (χ0) is 18.4. The number of halogens is 1. The summed E-state index contributed by atoms with van der Waals surface area (Å²) >= 11 is 3.30. The number of hydrogen-bond donors (Lipinski definition) is 2. The van der Waals surface area contributed by atoms with Crippen LogP contribution in [-0.2, 0) is 14.8 Å². The molecule has 0 saturated carbocycles. The largest absolute Gasteiger partial charge is 0.322 e. The van der Waals surface area contributed by atoms with Gasteiger partial charge in [0.25, 0.3) is 15.9 Å². The fourth-order valence-corrected chi connectivity index (χ4v) is 3.45. The highest BCUT2D eigenvalue weighted by Crippen LogP contribution is 2.17. The van der Waals surface area contributed by atoms with E-state index in [0.717, 1.165) is 4.47 Å². The summed E-state index contributed by atoms with van der Waals surface area (Å²) in [5.41, 5.74) is 0.918. The van der Waals surface area contributed by atoms with Crippen LogP contribution in [0.15, 0.2) is 57.9 Å². The third-order valence-electron chi connectivity index (χ3n) is 3.23. The van der Waals surface area contributed by atoms with Gasteiger partial charge in [0, 0.05) is 22.1 Å². The third kappa shape index (κ3) is 5.40. The van der Waals surface area contributed by atoms with Gasteiger partial charge < -0.3 is 5.32 Å². The SMILES string of the molecule is CCCC(=O)NS(=O)(=O)c1ccc(NC(=O)c2cccc(Br)c2)cc1. The van der Waals surface area contributed by atoms with Crippen LogP contribution in [0.2, 0.25) is 0 Å². The van der Waals surface area contributed by atoms with Gasteiger partial charge in [0.15, 0.2) is 0 Å². The molecular weight excluding hydrogens is 408 g/mol. The summed E-state index contributed by atoms with van der Waals surface area (Å²) in [6.07, 6.45) is 0.696. The quantitative estimate of drug-likeness (QED) is 0.743. The van der Waals surface area contributed by atoms with Crippen LogP contribution >= 0.6 is 15.9 Å². The van der Waals surface area contributed by atoms with E-state index in [9.17, 15) is 18.0 Å². The van der Waals surface area contributed by atoms with Crippen LogP contribution in [0.4, 0.5) is 5.69 Å². The fourth-order valence-electron chi connectivity index (χ4n) is 2.04. The molecule has 0 fully saturated rings. The minimum absolute atomic E-state index is 0.0441. The Morgan fingerprint density at radius 2 is 1.76 bits per heavy atom. The molecule has 2 N–H and O–H groups in total. The first-order valence-electron chi connectivity index (χ1n) is 7.54. The van der Waals surface area contributed by atoms with E-state index in [1.165, 1.54) is 24.3 Å². The van der Waals surface area contributed by atoms with Gasteiger partial charge >= 0.3 is 0 Å². The molecule has 25 heavy (non-hydrogen) atoms. The molecule has 0 aliphatic carbocycles. The van der Waals surface area contributed by atoms with E-state index >= 15 is 0 Å². The van der Waals surface area contributed by atoms with Crippen molar-refractivity contribution in [3.63, 3.8) is 0 Å². The van der Waals surface area contributed by atoms with Crippen LogP contribution in [0.5, 0.6) is 0 Å². The first kappa shape index (κ1) is 19.1. The molecule has 2 aromatic carbocycles. The second-order valence-corrected chi connectivity index (χ2v) is 7.87. The molecule has 0 aliphatic rings. The summed E-state index contributed by atoms with van der Waals surface area (Å²) in [4.78, 5) is 23.6. The average molecular weight is 425 g/mol. The van der Waals surface area contributed by atoms with Crippen molar-refractivity contribution in [1.29, 1.82) is 0 Å². The summed E-state index contributed by atoms with van der Waals surface area (Å²) in [6.45, 7) is 1.79. The molecule has 2 aromatic rings. The van der Waals surface area contributed by atoms with E-state index in [0.29, 0.717) is 17.7 Å². The summed E-state index contributed by atoms with van der Waals surface area (Å²) in [5, 5.41) is 2.68. The Hall–Kier alpha value is -2.19. The number of carbonyl (C=O) groups is 2. The lowest BCUT2D eigenvalue weighted by atomic mass is 10.2. The molecule has 0 saturated heterocycles. The zero-order valence-corrected chi connectivity index (χ0v) is 15.9. The van der Waals surface area contributed by atoms with Crippen molar-refractivity contribution in [3.05, 3.63) is 58.6 Å². The minimum Gasteiger partial charge on any atom is -0.322 e. The van der Waals surface area contributed by atoms with Crippen LogP contribution < -0.4 is 10.0 Å². The van der Waals surface area contributed by atoms with Crippen LogP contribution in [0.3, 0.4) is 0 Å². The molecule has 2 amide bonds. The Morgan fingerprint density at radius 1 is 1.08 bits per heavy atom. The fraction of sp³-hybridized carbons (Fsp3) is 0.176. The topological polar surface area (TPSA) is 92.3 Å². The molecule has 0 radical (unpaired) electrons. The van der Waals surface area contributed by atoms with Crippen molar-refractivity contribution in [2.45, 2.75) is 24.7 Å². The highest BCUT2D eigenvalue weighted by molar-refractivity contribution is 9.10. The van der Waals surface area contributed by atoms with E-state index < -0.39 is 15.9 Å². The molecule has 0 bridgehead atoms. The van der Waals surface area contributed by atoms with Crippen molar-refractivity contribution in [3.8, 4) is 0 Å². The van der Waals surface area contributed by atoms with E-state index in [1.54, 1.807) is 25.1 Å². The Balaban J connectivity index is 2.09. The van der Waals surface area contributed by atoms with Crippen molar-refractivity contribution in [2.24, 2.45) is 0 Å². The van der Waals surface area contributed by atoms with Crippen LogP contribution in [0, 0.1) is 0 Å². The van der Waals surface area contributed by atoms with Crippen LogP contribution in [0.1, 0.15) is 30.1 Å². The third-order valence-corrected chi connectivity index (χ3v) is 5.12. The monoisotopic (exact) mass is 424 g/mol. The first-order valence-corrected chi connectivity index (χ1v) is 9.82. The molecule has 132 valence electrons. The number of amides is 2. The standard InChI is InChI=1S/C17H17BrN2O4S/c1-2-4-16(21)20-25(23,24)15-9-7-14(8-10-15)19-17(22)12-5-3-6-13(18)11-12/h3,5-11H,2,4H2,1H3,(H,19,22)(H,20,21). The molecule has 0 atom stereocenters. The molecular formula is C17H17BrN2O4S. The van der Waals surface area contributed by atoms with Crippen molar-refractivity contribution in [2.75, 3.05) is 5.32 Å². The summed E-state index contributed by atoms with van der Waals surface area (Å²) in [7, 11) is -3.90. The second kappa shape index (κ2) is 8.26. The predicted molar refractivity (Wildman–Crippen MR) is 98.8 cm³/mol. The van der Waals surface area contributed by atoms with Crippen molar-refractivity contribution < 1.29 is 18.0 Å².